The first-order valence-corrected chi connectivity index (χ1v) is 6.83. The molecule has 0 aliphatic carbocycles. The number of benzene rings is 2. The van der Waals surface area contributed by atoms with Gasteiger partial charge in [-0.15, -0.1) is 0 Å². The third-order valence-electron chi connectivity index (χ3n) is 3.82. The van der Waals surface area contributed by atoms with Gasteiger partial charge < -0.3 is 9.84 Å². The summed E-state index contributed by atoms with van der Waals surface area (Å²) in [5.41, 5.74) is 0.427. The smallest absolute Gasteiger partial charge is 0.119 e. The van der Waals surface area contributed by atoms with Crippen molar-refractivity contribution in [2.24, 2.45) is 0 Å². The summed E-state index contributed by atoms with van der Waals surface area (Å²) >= 11 is 0. The Balaban J connectivity index is 2.19. The first kappa shape index (κ1) is 13.6. The maximum absolute atomic E-state index is 11.1. The number of ether oxygens (including phenoxy) is 1. The van der Waals surface area contributed by atoms with Crippen LogP contribution in [0.1, 0.15) is 18.1 Å². The van der Waals surface area contributed by atoms with Crippen molar-refractivity contribution in [3.05, 3.63) is 72.1 Å². The van der Waals surface area contributed by atoms with E-state index in [4.69, 9.17) is 4.74 Å². The summed E-state index contributed by atoms with van der Waals surface area (Å²) in [6, 6.07) is 15.4. The molecule has 1 aromatic heterocycles. The molecule has 3 nitrogen and oxygen atoms in total. The van der Waals surface area contributed by atoms with Gasteiger partial charge in [-0.2, -0.15) is 0 Å². The number of rotatable bonds is 3. The van der Waals surface area contributed by atoms with Crippen molar-refractivity contribution in [3.8, 4) is 5.75 Å². The molecule has 106 valence electrons. The number of hydrogen-bond donors (Lipinski definition) is 1. The lowest BCUT2D eigenvalue weighted by Crippen LogP contribution is -2.23. The third kappa shape index (κ3) is 2.36. The molecule has 1 heterocycles. The van der Waals surface area contributed by atoms with Gasteiger partial charge in [-0.3, -0.25) is 4.98 Å². The fraction of sp³-hybridized carbons (Fsp3) is 0.167. The fourth-order valence-electron chi connectivity index (χ4n) is 2.59. The monoisotopic (exact) mass is 279 g/mol. The van der Waals surface area contributed by atoms with Crippen molar-refractivity contribution in [3.63, 3.8) is 0 Å². The van der Waals surface area contributed by atoms with Crippen molar-refractivity contribution in [1.82, 2.24) is 4.98 Å². The minimum atomic E-state index is -1.14. The van der Waals surface area contributed by atoms with Crippen molar-refractivity contribution in [1.29, 1.82) is 0 Å². The summed E-state index contributed by atoms with van der Waals surface area (Å²) in [7, 11) is 1.62. The molecule has 0 aliphatic heterocycles. The zero-order chi connectivity index (χ0) is 14.9. The number of hydrogen-bond acceptors (Lipinski definition) is 3. The summed E-state index contributed by atoms with van der Waals surface area (Å²) in [6.45, 7) is 1.78. The van der Waals surface area contributed by atoms with Gasteiger partial charge in [0.25, 0.3) is 0 Å². The molecule has 0 amide bonds. The van der Waals surface area contributed by atoms with Crippen molar-refractivity contribution >= 4 is 10.8 Å². The second-order valence-corrected chi connectivity index (χ2v) is 5.21. The van der Waals surface area contributed by atoms with E-state index in [0.29, 0.717) is 0 Å². The molecule has 3 heteroatoms. The number of methoxy groups -OCH3 is 1. The van der Waals surface area contributed by atoms with E-state index in [9.17, 15) is 5.11 Å². The highest BCUT2D eigenvalue weighted by molar-refractivity contribution is 5.85. The van der Waals surface area contributed by atoms with E-state index in [2.05, 4.69) is 4.98 Å². The van der Waals surface area contributed by atoms with E-state index in [0.717, 1.165) is 27.6 Å². The van der Waals surface area contributed by atoms with Crippen molar-refractivity contribution in [2.45, 2.75) is 12.5 Å². The molecular formula is C18H17NO2. The fourth-order valence-corrected chi connectivity index (χ4v) is 2.59. The van der Waals surface area contributed by atoms with Crippen LogP contribution in [0.4, 0.5) is 0 Å². The highest BCUT2D eigenvalue weighted by Crippen LogP contribution is 2.34. The van der Waals surface area contributed by atoms with Gasteiger partial charge in [0.1, 0.15) is 11.4 Å². The van der Waals surface area contributed by atoms with Crippen LogP contribution >= 0.6 is 0 Å². The molecule has 1 unspecified atom stereocenters. The predicted octanol–water partition coefficient (Wildman–Crippen LogP) is 3.50. The van der Waals surface area contributed by atoms with Gasteiger partial charge in [0.15, 0.2) is 0 Å². The lowest BCUT2D eigenvalue weighted by atomic mass is 9.86. The van der Waals surface area contributed by atoms with Crippen LogP contribution in [-0.2, 0) is 5.60 Å². The summed E-state index contributed by atoms with van der Waals surface area (Å²) in [5.74, 6) is 0.723. The SMILES string of the molecule is COc1cccc(C(C)(O)c2cncc3ccccc23)c1. The lowest BCUT2D eigenvalue weighted by molar-refractivity contribution is 0.103. The molecule has 0 aliphatic rings. The van der Waals surface area contributed by atoms with Crippen LogP contribution in [0.25, 0.3) is 10.8 Å². The molecule has 0 fully saturated rings. The maximum Gasteiger partial charge on any atom is 0.119 e. The zero-order valence-corrected chi connectivity index (χ0v) is 12.1. The second kappa shape index (κ2) is 5.19. The average Bonchev–Trinajstić information content (AvgIpc) is 2.54. The second-order valence-electron chi connectivity index (χ2n) is 5.21. The number of nitrogens with zero attached hydrogens (tertiary/aromatic N) is 1. The molecule has 0 bridgehead atoms. The number of aliphatic hydroxyl groups is 1. The standard InChI is InChI=1S/C18H17NO2/c1-18(20,14-7-5-8-15(10-14)21-2)17-12-19-11-13-6-3-4-9-16(13)17/h3-12,20H,1-2H3. The van der Waals surface area contributed by atoms with E-state index in [1.807, 2.05) is 48.5 Å². The first-order chi connectivity index (χ1) is 10.1. The van der Waals surface area contributed by atoms with Crippen molar-refractivity contribution < 1.29 is 9.84 Å². The van der Waals surface area contributed by atoms with Gasteiger partial charge in [-0.1, -0.05) is 36.4 Å². The molecule has 2 aromatic carbocycles. The Morgan fingerprint density at radius 1 is 1.05 bits per heavy atom. The van der Waals surface area contributed by atoms with Gasteiger partial charge in [-0.25, -0.2) is 0 Å². The maximum atomic E-state index is 11.1. The van der Waals surface area contributed by atoms with Gasteiger partial charge in [0.2, 0.25) is 0 Å². The van der Waals surface area contributed by atoms with Crippen LogP contribution in [0.3, 0.4) is 0 Å². The Hall–Kier alpha value is -2.39. The van der Waals surface area contributed by atoms with Crippen LogP contribution in [0.2, 0.25) is 0 Å². The van der Waals surface area contributed by atoms with Crippen LogP contribution in [0.5, 0.6) is 5.75 Å². The van der Waals surface area contributed by atoms with E-state index in [-0.39, 0.29) is 0 Å². The quantitative estimate of drug-likeness (QED) is 0.798. The first-order valence-electron chi connectivity index (χ1n) is 6.83. The van der Waals surface area contributed by atoms with Crippen molar-refractivity contribution in [2.75, 3.05) is 7.11 Å². The van der Waals surface area contributed by atoms with Gasteiger partial charge >= 0.3 is 0 Å². The third-order valence-corrected chi connectivity index (χ3v) is 3.82. The molecular weight excluding hydrogens is 262 g/mol. The Kier molecular flexibility index (Phi) is 3.35. The molecule has 3 aromatic rings. The highest BCUT2D eigenvalue weighted by Gasteiger charge is 2.28. The molecule has 1 N–H and O–H groups in total. The van der Waals surface area contributed by atoms with Crippen LogP contribution in [0, 0.1) is 0 Å². The average molecular weight is 279 g/mol. The van der Waals surface area contributed by atoms with E-state index in [1.54, 1.807) is 26.4 Å². The molecule has 1 atom stereocenters. The Morgan fingerprint density at radius 2 is 1.86 bits per heavy atom. The Morgan fingerprint density at radius 3 is 2.67 bits per heavy atom. The number of fused-ring (bicyclic) bond motifs is 1. The molecule has 0 radical (unpaired) electrons. The van der Waals surface area contributed by atoms with Crippen LogP contribution < -0.4 is 4.74 Å². The molecule has 21 heavy (non-hydrogen) atoms. The van der Waals surface area contributed by atoms with Crippen LogP contribution in [-0.4, -0.2) is 17.2 Å². The van der Waals surface area contributed by atoms with E-state index < -0.39 is 5.60 Å². The summed E-state index contributed by atoms with van der Waals surface area (Å²) in [6.07, 6.45) is 3.53. The van der Waals surface area contributed by atoms with Gasteiger partial charge in [0.05, 0.1) is 7.11 Å². The van der Waals surface area contributed by atoms with E-state index >= 15 is 0 Å². The molecule has 0 saturated heterocycles. The van der Waals surface area contributed by atoms with Gasteiger partial charge in [-0.05, 0) is 30.0 Å². The minimum absolute atomic E-state index is 0.723. The number of aromatic nitrogens is 1. The Labute approximate surface area is 123 Å². The summed E-state index contributed by atoms with van der Waals surface area (Å²) < 4.78 is 5.25. The van der Waals surface area contributed by atoms with Gasteiger partial charge in [0, 0.05) is 23.3 Å². The Bertz CT molecular complexity index is 776. The zero-order valence-electron chi connectivity index (χ0n) is 12.1. The van der Waals surface area contributed by atoms with E-state index in [1.165, 1.54) is 0 Å². The minimum Gasteiger partial charge on any atom is -0.497 e. The number of pyridine rings is 1. The normalized spacial score (nSPS) is 13.9. The predicted molar refractivity (Wildman–Crippen MR) is 83.4 cm³/mol. The molecule has 3 rings (SSSR count). The lowest BCUT2D eigenvalue weighted by Gasteiger charge is -2.26. The van der Waals surface area contributed by atoms with Crippen LogP contribution in [0.15, 0.2) is 60.9 Å². The topological polar surface area (TPSA) is 42.4 Å². The summed E-state index contributed by atoms with van der Waals surface area (Å²) in [4.78, 5) is 4.26. The molecule has 0 saturated carbocycles. The summed E-state index contributed by atoms with van der Waals surface area (Å²) in [5, 5.41) is 13.1. The largest absolute Gasteiger partial charge is 0.497 e. The molecule has 0 spiro atoms. The highest BCUT2D eigenvalue weighted by atomic mass is 16.5.